The van der Waals surface area contributed by atoms with E-state index in [9.17, 15) is 14.9 Å². The van der Waals surface area contributed by atoms with E-state index in [0.717, 1.165) is 11.3 Å². The second kappa shape index (κ2) is 9.05. The van der Waals surface area contributed by atoms with Crippen LogP contribution >= 0.6 is 11.6 Å². The number of nitrogens with one attached hydrogen (secondary N) is 1. The van der Waals surface area contributed by atoms with Gasteiger partial charge in [-0.2, -0.15) is 0 Å². The first-order valence-corrected chi connectivity index (χ1v) is 8.29. The first-order valence-electron chi connectivity index (χ1n) is 7.92. The van der Waals surface area contributed by atoms with Crippen LogP contribution in [0.1, 0.15) is 18.4 Å². The number of hydrogen-bond donors (Lipinski definition) is 1. The maximum atomic E-state index is 12.0. The van der Waals surface area contributed by atoms with Crippen molar-refractivity contribution in [2.75, 3.05) is 19.0 Å². The van der Waals surface area contributed by atoms with E-state index in [0.29, 0.717) is 23.7 Å². The monoisotopic (exact) mass is 378 g/mol. The average Bonchev–Trinajstić information content (AvgIpc) is 2.60. The fourth-order valence-electron chi connectivity index (χ4n) is 2.30. The highest BCUT2D eigenvalue weighted by atomic mass is 35.5. The molecule has 26 heavy (non-hydrogen) atoms. The zero-order valence-electron chi connectivity index (χ0n) is 14.5. The number of non-ortho nitro benzene ring substituents is 1. The summed E-state index contributed by atoms with van der Waals surface area (Å²) in [6.45, 7) is 2.28. The summed E-state index contributed by atoms with van der Waals surface area (Å²) >= 11 is 5.89. The molecule has 138 valence electrons. The topological polar surface area (TPSA) is 90.7 Å². The van der Waals surface area contributed by atoms with E-state index in [-0.39, 0.29) is 23.8 Å². The smallest absolute Gasteiger partial charge is 0.273 e. The van der Waals surface area contributed by atoms with Crippen LogP contribution in [-0.4, -0.2) is 24.5 Å². The van der Waals surface area contributed by atoms with Gasteiger partial charge in [-0.05, 0) is 43.2 Å². The Bertz CT molecular complexity index is 810. The van der Waals surface area contributed by atoms with Gasteiger partial charge in [0.2, 0.25) is 5.91 Å². The molecule has 0 spiro atoms. The minimum absolute atomic E-state index is 0.105. The molecule has 0 aliphatic heterocycles. The molecule has 7 nitrogen and oxygen atoms in total. The first kappa shape index (κ1) is 19.5. The Morgan fingerprint density at radius 3 is 2.65 bits per heavy atom. The molecule has 2 rings (SSSR count). The number of nitrogens with zero attached hydrogens (tertiary/aromatic N) is 1. The lowest BCUT2D eigenvalue weighted by Gasteiger charge is -2.11. The van der Waals surface area contributed by atoms with Crippen LogP contribution in [0.15, 0.2) is 36.4 Å². The van der Waals surface area contributed by atoms with Crippen molar-refractivity contribution in [1.29, 1.82) is 0 Å². The fraction of sp³-hybridized carbons (Fsp3) is 0.278. The number of nitro groups is 1. The summed E-state index contributed by atoms with van der Waals surface area (Å²) in [5, 5.41) is 14.1. The van der Waals surface area contributed by atoms with Crippen LogP contribution in [0.2, 0.25) is 5.02 Å². The van der Waals surface area contributed by atoms with E-state index in [1.54, 1.807) is 12.1 Å². The molecule has 0 unspecified atom stereocenters. The van der Waals surface area contributed by atoms with Crippen LogP contribution in [0.4, 0.5) is 11.4 Å². The summed E-state index contributed by atoms with van der Waals surface area (Å²) in [6, 6.07) is 9.37. The molecule has 0 radical (unpaired) electrons. The molecule has 0 fully saturated rings. The summed E-state index contributed by atoms with van der Waals surface area (Å²) in [4.78, 5) is 22.3. The lowest BCUT2D eigenvalue weighted by molar-refractivity contribution is -0.384. The number of amides is 1. The van der Waals surface area contributed by atoms with Crippen LogP contribution in [0.5, 0.6) is 11.5 Å². The Balaban J connectivity index is 1.84. The number of carbonyl (C=O) groups is 1. The van der Waals surface area contributed by atoms with E-state index in [1.807, 2.05) is 13.0 Å². The van der Waals surface area contributed by atoms with Crippen molar-refractivity contribution < 1.29 is 19.2 Å². The minimum Gasteiger partial charge on any atom is -0.494 e. The van der Waals surface area contributed by atoms with Crippen LogP contribution in [0, 0.1) is 17.0 Å². The molecule has 0 aliphatic carbocycles. The van der Waals surface area contributed by atoms with E-state index in [1.165, 1.54) is 25.3 Å². The zero-order chi connectivity index (χ0) is 19.1. The predicted octanol–water partition coefficient (Wildman–Crippen LogP) is 4.36. The number of anilines is 1. The van der Waals surface area contributed by atoms with Crippen LogP contribution in [0.25, 0.3) is 0 Å². The molecule has 0 aromatic heterocycles. The van der Waals surface area contributed by atoms with Crippen LogP contribution < -0.4 is 14.8 Å². The van der Waals surface area contributed by atoms with Crippen LogP contribution in [-0.2, 0) is 4.79 Å². The van der Waals surface area contributed by atoms with Gasteiger partial charge in [0.05, 0.1) is 30.4 Å². The number of carbonyl (C=O) groups excluding carboxylic acids is 1. The second-order valence-corrected chi connectivity index (χ2v) is 5.99. The third kappa shape index (κ3) is 5.35. The summed E-state index contributed by atoms with van der Waals surface area (Å²) in [7, 11) is 1.39. The van der Waals surface area contributed by atoms with Crippen molar-refractivity contribution >= 4 is 28.9 Å². The number of methoxy groups -OCH3 is 1. The molecule has 1 amide bonds. The minimum atomic E-state index is -0.524. The molecular weight excluding hydrogens is 360 g/mol. The number of hydrogen-bond acceptors (Lipinski definition) is 5. The zero-order valence-corrected chi connectivity index (χ0v) is 15.2. The van der Waals surface area contributed by atoms with Crippen molar-refractivity contribution in [3.05, 3.63) is 57.1 Å². The van der Waals surface area contributed by atoms with Crippen molar-refractivity contribution in [3.63, 3.8) is 0 Å². The molecule has 1 N–H and O–H groups in total. The Kier molecular flexibility index (Phi) is 6.80. The molecule has 0 saturated heterocycles. The fourth-order valence-corrected chi connectivity index (χ4v) is 2.53. The second-order valence-electron chi connectivity index (χ2n) is 5.55. The van der Waals surface area contributed by atoms with Gasteiger partial charge in [0.1, 0.15) is 11.5 Å². The highest BCUT2D eigenvalue weighted by Crippen LogP contribution is 2.29. The summed E-state index contributed by atoms with van der Waals surface area (Å²) in [5.41, 5.74) is 1.21. The number of benzene rings is 2. The normalized spacial score (nSPS) is 10.3. The molecule has 0 atom stereocenters. The Morgan fingerprint density at radius 1 is 1.23 bits per heavy atom. The molecule has 0 bridgehead atoms. The number of halogens is 1. The summed E-state index contributed by atoms with van der Waals surface area (Å²) in [6.07, 6.45) is 0.760. The third-order valence-electron chi connectivity index (χ3n) is 3.61. The van der Waals surface area contributed by atoms with Gasteiger partial charge < -0.3 is 14.8 Å². The van der Waals surface area contributed by atoms with Gasteiger partial charge >= 0.3 is 0 Å². The average molecular weight is 379 g/mol. The van der Waals surface area contributed by atoms with Gasteiger partial charge in [0.25, 0.3) is 5.69 Å². The lowest BCUT2D eigenvalue weighted by Crippen LogP contribution is -2.13. The quantitative estimate of drug-likeness (QED) is 0.418. The number of aryl methyl sites for hydroxylation is 1. The number of rotatable bonds is 8. The van der Waals surface area contributed by atoms with E-state index >= 15 is 0 Å². The highest BCUT2D eigenvalue weighted by molar-refractivity contribution is 6.30. The van der Waals surface area contributed by atoms with E-state index in [4.69, 9.17) is 21.1 Å². The molecule has 0 aliphatic rings. The van der Waals surface area contributed by atoms with Crippen molar-refractivity contribution in [3.8, 4) is 11.5 Å². The third-order valence-corrected chi connectivity index (χ3v) is 3.85. The molecule has 0 heterocycles. The van der Waals surface area contributed by atoms with E-state index in [2.05, 4.69) is 5.32 Å². The predicted molar refractivity (Wildman–Crippen MR) is 99.2 cm³/mol. The maximum absolute atomic E-state index is 12.0. The molecule has 8 heteroatoms. The summed E-state index contributed by atoms with van der Waals surface area (Å²) in [5.74, 6) is 0.737. The molecule has 2 aromatic carbocycles. The van der Waals surface area contributed by atoms with Gasteiger partial charge in [-0.25, -0.2) is 0 Å². The Labute approximate surface area is 156 Å². The van der Waals surface area contributed by atoms with Gasteiger partial charge in [0, 0.05) is 17.5 Å². The number of ether oxygens (including phenoxy) is 2. The van der Waals surface area contributed by atoms with Crippen molar-refractivity contribution in [2.45, 2.75) is 19.8 Å². The number of nitro benzene ring substituents is 1. The standard InChI is InChI=1S/C18H19ClN2O5/c1-12-10-13(19)5-8-16(12)26-9-3-4-18(22)20-15-7-6-14(21(23)24)11-17(15)25-2/h5-8,10-11H,3-4,9H2,1-2H3,(H,20,22). The van der Waals surface area contributed by atoms with Gasteiger partial charge in [-0.3, -0.25) is 14.9 Å². The van der Waals surface area contributed by atoms with Gasteiger partial charge in [-0.1, -0.05) is 11.6 Å². The van der Waals surface area contributed by atoms with Crippen LogP contribution in [0.3, 0.4) is 0 Å². The largest absolute Gasteiger partial charge is 0.494 e. The lowest BCUT2D eigenvalue weighted by atomic mass is 10.2. The Morgan fingerprint density at radius 2 is 2.00 bits per heavy atom. The molecular formula is C18H19ClN2O5. The van der Waals surface area contributed by atoms with E-state index < -0.39 is 4.92 Å². The first-order chi connectivity index (χ1) is 12.4. The highest BCUT2D eigenvalue weighted by Gasteiger charge is 2.13. The van der Waals surface area contributed by atoms with Gasteiger partial charge in [0.15, 0.2) is 0 Å². The molecule has 2 aromatic rings. The SMILES string of the molecule is COc1cc([N+](=O)[O-])ccc1NC(=O)CCCOc1ccc(Cl)cc1C. The summed E-state index contributed by atoms with van der Waals surface area (Å²) < 4.78 is 10.7. The van der Waals surface area contributed by atoms with Gasteiger partial charge in [-0.15, -0.1) is 0 Å². The maximum Gasteiger partial charge on any atom is 0.273 e. The Hall–Kier alpha value is -2.80. The van der Waals surface area contributed by atoms with Crippen molar-refractivity contribution in [2.24, 2.45) is 0 Å². The van der Waals surface area contributed by atoms with Crippen molar-refractivity contribution in [1.82, 2.24) is 0 Å². The molecule has 0 saturated carbocycles.